The van der Waals surface area contributed by atoms with Crippen LogP contribution in [0.1, 0.15) is 24.7 Å². The maximum absolute atomic E-state index is 3.79. The van der Waals surface area contributed by atoms with E-state index in [4.69, 9.17) is 0 Å². The van der Waals surface area contributed by atoms with Crippen LogP contribution in [0.2, 0.25) is 0 Å². The molecule has 0 aromatic carbocycles. The second-order valence-electron chi connectivity index (χ2n) is 2.45. The van der Waals surface area contributed by atoms with E-state index in [0.29, 0.717) is 0 Å². The Morgan fingerprint density at radius 2 is 1.94 bits per heavy atom. The lowest BCUT2D eigenvalue weighted by atomic mass is 10.8. The second kappa shape index (κ2) is 8.78. The summed E-state index contributed by atoms with van der Waals surface area (Å²) >= 11 is 1.55. The highest BCUT2D eigenvalue weighted by Crippen LogP contribution is 2.11. The minimum Gasteiger partial charge on any atom is -0.363 e. The Kier molecular flexibility index (Phi) is 7.96. The van der Waals surface area contributed by atoms with Crippen LogP contribution in [0.5, 0.6) is 0 Å². The quantitative estimate of drug-likeness (QED) is 0.800. The lowest BCUT2D eigenvalue weighted by molar-refractivity contribution is 1.04. The van der Waals surface area contributed by atoms with Gasteiger partial charge >= 0.3 is 0 Å². The molecule has 2 heterocycles. The molecule has 0 amide bonds. The Bertz CT molecular complexity index is 356. The Morgan fingerprint density at radius 3 is 2.12 bits per heavy atom. The summed E-state index contributed by atoms with van der Waals surface area (Å²) in [6.45, 7) is 7.78. The Balaban J connectivity index is 0.000000251. The van der Waals surface area contributed by atoms with Gasteiger partial charge in [0.2, 0.25) is 5.13 Å². The third-order valence-electron chi connectivity index (χ3n) is 1.28. The van der Waals surface area contributed by atoms with Gasteiger partial charge in [-0.1, -0.05) is 25.2 Å². The zero-order valence-electron chi connectivity index (χ0n) is 10.3. The van der Waals surface area contributed by atoms with Crippen LogP contribution in [0.4, 0.5) is 5.13 Å². The third-order valence-corrected chi connectivity index (χ3v) is 2.13. The van der Waals surface area contributed by atoms with Gasteiger partial charge in [-0.2, -0.15) is 5.10 Å². The lowest BCUT2D eigenvalue weighted by Crippen LogP contribution is -1.84. The minimum atomic E-state index is 0.856. The molecule has 16 heavy (non-hydrogen) atoms. The molecule has 0 unspecified atom stereocenters. The van der Waals surface area contributed by atoms with Crippen LogP contribution in [-0.2, 0) is 0 Å². The van der Waals surface area contributed by atoms with Crippen LogP contribution in [0, 0.1) is 13.8 Å². The molecule has 0 atom stereocenters. The molecule has 0 saturated heterocycles. The van der Waals surface area contributed by atoms with Crippen molar-refractivity contribution < 1.29 is 0 Å². The van der Waals surface area contributed by atoms with Crippen molar-refractivity contribution in [3.63, 3.8) is 0 Å². The summed E-state index contributed by atoms with van der Waals surface area (Å²) in [6.07, 6.45) is 1.48. The predicted octanol–water partition coefficient (Wildman–Crippen LogP) is 2.03. The van der Waals surface area contributed by atoms with Crippen molar-refractivity contribution in [2.24, 2.45) is 0 Å². The summed E-state index contributed by atoms with van der Waals surface area (Å²) in [5.41, 5.74) is 0. The van der Waals surface area contributed by atoms with Gasteiger partial charge in [0.1, 0.15) is 17.2 Å². The molecule has 0 aliphatic carbocycles. The fourth-order valence-corrected chi connectivity index (χ4v) is 1.21. The second-order valence-corrected chi connectivity index (χ2v) is 3.63. The molecular weight excluding hydrogens is 224 g/mol. The predicted molar refractivity (Wildman–Crippen MR) is 66.7 cm³/mol. The molecule has 0 aliphatic rings. The lowest BCUT2D eigenvalue weighted by Gasteiger charge is -1.82. The van der Waals surface area contributed by atoms with Gasteiger partial charge in [0, 0.05) is 7.05 Å². The van der Waals surface area contributed by atoms with Crippen molar-refractivity contribution in [2.75, 3.05) is 12.4 Å². The first-order valence-corrected chi connectivity index (χ1v) is 5.84. The number of aromatic nitrogens is 5. The largest absolute Gasteiger partial charge is 0.363 e. The van der Waals surface area contributed by atoms with Gasteiger partial charge in [0.25, 0.3) is 0 Å². The van der Waals surface area contributed by atoms with Crippen molar-refractivity contribution in [3.8, 4) is 0 Å². The first-order chi connectivity index (χ1) is 7.72. The summed E-state index contributed by atoms with van der Waals surface area (Å²) in [5.74, 6) is 0.856. The SMILES string of the molecule is CC.CNc1nnc(C)s1.Cc1ncn[nH]1. The average molecular weight is 242 g/mol. The average Bonchev–Trinajstić information content (AvgIpc) is 2.93. The molecule has 0 spiro atoms. The number of nitrogens with zero attached hydrogens (tertiary/aromatic N) is 4. The molecule has 0 bridgehead atoms. The molecule has 2 aromatic heterocycles. The summed E-state index contributed by atoms with van der Waals surface area (Å²) < 4.78 is 0. The van der Waals surface area contributed by atoms with Gasteiger partial charge in [-0.05, 0) is 13.8 Å². The highest BCUT2D eigenvalue weighted by Gasteiger charge is 1.92. The monoisotopic (exact) mass is 242 g/mol. The summed E-state index contributed by atoms with van der Waals surface area (Å²) in [6, 6.07) is 0. The standard InChI is InChI=1S/C4H7N3S.C3H5N3.C2H6/c1-3-6-7-4(5-2)8-3;1-3-4-2-5-6-3;1-2/h1-2H3,(H,5,7);2H,1H3,(H,4,5,6);1-2H3. The van der Waals surface area contributed by atoms with Crippen LogP contribution in [-0.4, -0.2) is 32.4 Å². The van der Waals surface area contributed by atoms with Crippen LogP contribution in [0.3, 0.4) is 0 Å². The number of nitrogens with one attached hydrogen (secondary N) is 2. The van der Waals surface area contributed by atoms with Gasteiger partial charge in [0.05, 0.1) is 0 Å². The molecule has 2 rings (SSSR count). The number of aromatic amines is 1. The van der Waals surface area contributed by atoms with Crippen LogP contribution in [0.15, 0.2) is 6.33 Å². The molecule has 0 aliphatic heterocycles. The Hall–Kier alpha value is -1.50. The maximum atomic E-state index is 3.79. The van der Waals surface area contributed by atoms with Gasteiger partial charge in [-0.25, -0.2) is 4.98 Å². The first kappa shape index (κ1) is 14.5. The summed E-state index contributed by atoms with van der Waals surface area (Å²) in [4.78, 5) is 3.75. The molecular formula is C9H18N6S. The van der Waals surface area contributed by atoms with E-state index < -0.39 is 0 Å². The molecule has 0 fully saturated rings. The van der Waals surface area contributed by atoms with Crippen LogP contribution < -0.4 is 5.32 Å². The topological polar surface area (TPSA) is 79.4 Å². The zero-order valence-corrected chi connectivity index (χ0v) is 11.1. The highest BCUT2D eigenvalue weighted by molar-refractivity contribution is 7.15. The fraction of sp³-hybridized carbons (Fsp3) is 0.556. The number of hydrogen-bond donors (Lipinski definition) is 2. The van der Waals surface area contributed by atoms with E-state index in [1.807, 2.05) is 34.7 Å². The van der Waals surface area contributed by atoms with E-state index in [9.17, 15) is 0 Å². The number of aryl methyl sites for hydroxylation is 2. The number of H-pyrrole nitrogens is 1. The first-order valence-electron chi connectivity index (χ1n) is 5.02. The van der Waals surface area contributed by atoms with Gasteiger partial charge < -0.3 is 5.32 Å². The van der Waals surface area contributed by atoms with E-state index in [0.717, 1.165) is 16.0 Å². The van der Waals surface area contributed by atoms with E-state index in [1.165, 1.54) is 6.33 Å². The Labute approximate surface area is 99.5 Å². The van der Waals surface area contributed by atoms with E-state index >= 15 is 0 Å². The van der Waals surface area contributed by atoms with Crippen molar-refractivity contribution >= 4 is 16.5 Å². The van der Waals surface area contributed by atoms with Gasteiger partial charge in [-0.3, -0.25) is 5.10 Å². The van der Waals surface area contributed by atoms with Crippen molar-refractivity contribution in [1.82, 2.24) is 25.4 Å². The van der Waals surface area contributed by atoms with E-state index in [1.54, 1.807) is 11.3 Å². The number of hydrogen-bond acceptors (Lipinski definition) is 6. The smallest absolute Gasteiger partial charge is 0.205 e. The van der Waals surface area contributed by atoms with Crippen molar-refractivity contribution in [1.29, 1.82) is 0 Å². The van der Waals surface area contributed by atoms with Gasteiger partial charge in [0.15, 0.2) is 0 Å². The van der Waals surface area contributed by atoms with Crippen molar-refractivity contribution in [3.05, 3.63) is 17.2 Å². The number of rotatable bonds is 1. The molecule has 2 aromatic rings. The van der Waals surface area contributed by atoms with Crippen LogP contribution in [0.25, 0.3) is 0 Å². The molecule has 7 heteroatoms. The third kappa shape index (κ3) is 6.07. The number of anilines is 1. The molecule has 2 N–H and O–H groups in total. The Morgan fingerprint density at radius 1 is 1.25 bits per heavy atom. The van der Waals surface area contributed by atoms with Crippen LogP contribution >= 0.6 is 11.3 Å². The zero-order chi connectivity index (χ0) is 12.4. The van der Waals surface area contributed by atoms with Gasteiger partial charge in [-0.15, -0.1) is 10.2 Å². The summed E-state index contributed by atoms with van der Waals surface area (Å²) in [7, 11) is 1.83. The fourth-order valence-electron chi connectivity index (χ4n) is 0.664. The molecule has 0 saturated carbocycles. The van der Waals surface area contributed by atoms with E-state index in [2.05, 4.69) is 30.7 Å². The highest BCUT2D eigenvalue weighted by atomic mass is 32.1. The molecule has 90 valence electrons. The van der Waals surface area contributed by atoms with E-state index in [-0.39, 0.29) is 0 Å². The normalized spacial score (nSPS) is 8.31. The van der Waals surface area contributed by atoms with Crippen molar-refractivity contribution in [2.45, 2.75) is 27.7 Å². The maximum Gasteiger partial charge on any atom is 0.205 e. The summed E-state index contributed by atoms with van der Waals surface area (Å²) in [5, 5.41) is 18.6. The molecule has 6 nitrogen and oxygen atoms in total. The minimum absolute atomic E-state index is 0.856. The molecule has 0 radical (unpaired) electrons.